The van der Waals surface area contributed by atoms with E-state index in [1.54, 1.807) is 7.11 Å². The Kier molecular flexibility index (Phi) is 6.00. The fourth-order valence-corrected chi connectivity index (χ4v) is 4.29. The molecule has 7 heteroatoms. The van der Waals surface area contributed by atoms with E-state index in [9.17, 15) is 4.79 Å². The summed E-state index contributed by atoms with van der Waals surface area (Å²) in [4.78, 5) is 20.0. The number of carbonyl (C=O) groups excluding carboxylic acids is 1. The lowest BCUT2D eigenvalue weighted by atomic mass is 9.85. The molecule has 7 nitrogen and oxygen atoms in total. The standard InChI is InChI=1S/C25H33N5O2/c1-24(2,3)29-22-25(28-21-9-6-5-8-20(21)27-22)14-7-15-30(17-25)23(31)26-16-18-10-12-19(32-4)13-11-18/h5-6,8-13,28H,7,14-17H2,1-4H3,(H,26,31)(H,27,29)/t25-/m1/s1. The Labute approximate surface area is 190 Å². The van der Waals surface area contributed by atoms with E-state index in [1.165, 1.54) is 0 Å². The number of nitrogens with zero attached hydrogens (tertiary/aromatic N) is 2. The quantitative estimate of drug-likeness (QED) is 0.665. The Morgan fingerprint density at radius 3 is 2.56 bits per heavy atom. The number of ether oxygens (including phenoxy) is 1. The molecule has 0 aliphatic carbocycles. The number of para-hydroxylation sites is 2. The van der Waals surface area contributed by atoms with Crippen molar-refractivity contribution in [2.75, 3.05) is 30.8 Å². The summed E-state index contributed by atoms with van der Waals surface area (Å²) in [6, 6.07) is 15.8. The molecular formula is C25H33N5O2. The number of amides is 2. The molecule has 2 aromatic carbocycles. The molecule has 1 spiro atoms. The van der Waals surface area contributed by atoms with E-state index in [0.29, 0.717) is 13.1 Å². The van der Waals surface area contributed by atoms with Gasteiger partial charge in [-0.3, -0.25) is 4.99 Å². The van der Waals surface area contributed by atoms with Crippen LogP contribution in [0.5, 0.6) is 5.75 Å². The van der Waals surface area contributed by atoms with Crippen molar-refractivity contribution in [2.24, 2.45) is 4.99 Å². The van der Waals surface area contributed by atoms with E-state index in [1.807, 2.05) is 41.3 Å². The first-order chi connectivity index (χ1) is 15.3. The van der Waals surface area contributed by atoms with Crippen LogP contribution in [0.15, 0.2) is 53.5 Å². The smallest absolute Gasteiger partial charge is 0.317 e. The summed E-state index contributed by atoms with van der Waals surface area (Å²) < 4.78 is 5.20. The highest BCUT2D eigenvalue weighted by Gasteiger charge is 2.45. The third-order valence-electron chi connectivity index (χ3n) is 5.84. The number of rotatable bonds is 3. The normalized spacial score (nSPS) is 21.5. The Balaban J connectivity index is 1.52. The second-order valence-corrected chi connectivity index (χ2v) is 9.54. The van der Waals surface area contributed by atoms with Crippen molar-refractivity contribution in [3.05, 3.63) is 54.1 Å². The van der Waals surface area contributed by atoms with Crippen molar-refractivity contribution in [3.63, 3.8) is 0 Å². The van der Waals surface area contributed by atoms with Gasteiger partial charge >= 0.3 is 6.03 Å². The number of fused-ring (bicyclic) bond motifs is 1. The van der Waals surface area contributed by atoms with E-state index in [0.717, 1.165) is 47.9 Å². The molecule has 0 unspecified atom stereocenters. The molecule has 0 saturated carbocycles. The van der Waals surface area contributed by atoms with Crippen LogP contribution >= 0.6 is 0 Å². The minimum absolute atomic E-state index is 0.0596. The van der Waals surface area contributed by atoms with Crippen molar-refractivity contribution < 1.29 is 9.53 Å². The van der Waals surface area contributed by atoms with Gasteiger partial charge in [0.05, 0.1) is 30.6 Å². The van der Waals surface area contributed by atoms with Gasteiger partial charge in [-0.05, 0) is 63.4 Å². The zero-order valence-corrected chi connectivity index (χ0v) is 19.4. The highest BCUT2D eigenvalue weighted by atomic mass is 16.5. The lowest BCUT2D eigenvalue weighted by Crippen LogP contribution is -2.63. The highest BCUT2D eigenvalue weighted by Crippen LogP contribution is 2.37. The van der Waals surface area contributed by atoms with Crippen LogP contribution in [-0.4, -0.2) is 48.0 Å². The number of aliphatic imine (C=N–C) groups is 1. The first-order valence-electron chi connectivity index (χ1n) is 11.2. The molecule has 0 aromatic heterocycles. The minimum Gasteiger partial charge on any atom is -0.497 e. The summed E-state index contributed by atoms with van der Waals surface area (Å²) in [7, 11) is 1.65. The second kappa shape index (κ2) is 8.73. The number of methoxy groups -OCH3 is 1. The van der Waals surface area contributed by atoms with Gasteiger partial charge < -0.3 is 25.6 Å². The number of benzene rings is 2. The number of piperidine rings is 1. The van der Waals surface area contributed by atoms with E-state index in [2.05, 4.69) is 48.9 Å². The van der Waals surface area contributed by atoms with Crippen molar-refractivity contribution >= 4 is 23.2 Å². The van der Waals surface area contributed by atoms with Gasteiger partial charge in [0.25, 0.3) is 0 Å². The molecule has 170 valence electrons. The molecule has 2 aliphatic heterocycles. The molecule has 4 rings (SSSR count). The number of hydrogen-bond acceptors (Lipinski definition) is 4. The van der Waals surface area contributed by atoms with Crippen LogP contribution in [-0.2, 0) is 6.54 Å². The molecule has 0 bridgehead atoms. The number of hydrogen-bond donors (Lipinski definition) is 3. The van der Waals surface area contributed by atoms with E-state index < -0.39 is 5.54 Å². The predicted molar refractivity (Wildman–Crippen MR) is 130 cm³/mol. The molecular weight excluding hydrogens is 402 g/mol. The van der Waals surface area contributed by atoms with E-state index >= 15 is 0 Å². The SMILES string of the molecule is COc1ccc(CNC(=O)N2CCC[C@]3(C2)Nc2ccccc2NC3=NC(C)(C)C)cc1. The van der Waals surface area contributed by atoms with Crippen molar-refractivity contribution in [3.8, 4) is 5.75 Å². The van der Waals surface area contributed by atoms with Crippen molar-refractivity contribution in [1.29, 1.82) is 0 Å². The van der Waals surface area contributed by atoms with Gasteiger partial charge in [0.1, 0.15) is 17.1 Å². The molecule has 1 saturated heterocycles. The van der Waals surface area contributed by atoms with Crippen LogP contribution in [0.1, 0.15) is 39.2 Å². The maximum Gasteiger partial charge on any atom is 0.317 e. The Morgan fingerprint density at radius 2 is 1.88 bits per heavy atom. The average Bonchev–Trinajstić information content (AvgIpc) is 2.77. The second-order valence-electron chi connectivity index (χ2n) is 9.54. The number of amidine groups is 1. The van der Waals surface area contributed by atoms with Crippen LogP contribution in [0.2, 0.25) is 0 Å². The fourth-order valence-electron chi connectivity index (χ4n) is 4.29. The summed E-state index contributed by atoms with van der Waals surface area (Å²) in [5.74, 6) is 1.70. The minimum atomic E-state index is -0.433. The van der Waals surface area contributed by atoms with E-state index in [4.69, 9.17) is 9.73 Å². The number of carbonyl (C=O) groups is 1. The van der Waals surface area contributed by atoms with Gasteiger partial charge in [-0.25, -0.2) is 4.79 Å². The molecule has 2 aliphatic rings. The Bertz CT molecular complexity index is 996. The lowest BCUT2D eigenvalue weighted by Gasteiger charge is -2.47. The first kappa shape index (κ1) is 22.0. The zero-order chi connectivity index (χ0) is 22.8. The highest BCUT2D eigenvalue weighted by molar-refractivity contribution is 6.10. The topological polar surface area (TPSA) is 78.0 Å². The number of nitrogens with one attached hydrogen (secondary N) is 3. The average molecular weight is 436 g/mol. The third-order valence-corrected chi connectivity index (χ3v) is 5.84. The van der Waals surface area contributed by atoms with Gasteiger partial charge in [0.2, 0.25) is 0 Å². The molecule has 32 heavy (non-hydrogen) atoms. The van der Waals surface area contributed by atoms with Crippen LogP contribution < -0.4 is 20.7 Å². The lowest BCUT2D eigenvalue weighted by molar-refractivity contribution is 0.173. The summed E-state index contributed by atoms with van der Waals surface area (Å²) in [5.41, 5.74) is 2.43. The Morgan fingerprint density at radius 1 is 1.16 bits per heavy atom. The molecule has 3 N–H and O–H groups in total. The third kappa shape index (κ3) is 4.82. The summed E-state index contributed by atoms with van der Waals surface area (Å²) in [6.07, 6.45) is 1.81. The van der Waals surface area contributed by atoms with Crippen LogP contribution in [0.4, 0.5) is 16.2 Å². The van der Waals surface area contributed by atoms with E-state index in [-0.39, 0.29) is 11.6 Å². The number of urea groups is 1. The molecule has 0 radical (unpaired) electrons. The van der Waals surface area contributed by atoms with Gasteiger partial charge in [0.15, 0.2) is 0 Å². The monoisotopic (exact) mass is 435 g/mol. The van der Waals surface area contributed by atoms with Gasteiger partial charge in [0, 0.05) is 13.1 Å². The summed E-state index contributed by atoms with van der Waals surface area (Å²) >= 11 is 0. The van der Waals surface area contributed by atoms with Gasteiger partial charge in [-0.1, -0.05) is 24.3 Å². The molecule has 1 fully saturated rings. The van der Waals surface area contributed by atoms with Crippen LogP contribution in [0.3, 0.4) is 0 Å². The zero-order valence-electron chi connectivity index (χ0n) is 19.4. The maximum atomic E-state index is 13.1. The van der Waals surface area contributed by atoms with Gasteiger partial charge in [-0.2, -0.15) is 0 Å². The Hall–Kier alpha value is -3.22. The molecule has 1 atom stereocenters. The van der Waals surface area contributed by atoms with Crippen molar-refractivity contribution in [1.82, 2.24) is 10.2 Å². The summed E-state index contributed by atoms with van der Waals surface area (Å²) in [6.45, 7) is 8.04. The number of likely N-dealkylation sites (tertiary alicyclic amines) is 1. The molecule has 2 amide bonds. The van der Waals surface area contributed by atoms with Gasteiger partial charge in [-0.15, -0.1) is 0 Å². The largest absolute Gasteiger partial charge is 0.497 e. The fraction of sp³-hybridized carbons (Fsp3) is 0.440. The number of anilines is 2. The molecule has 2 aromatic rings. The summed E-state index contributed by atoms with van der Waals surface area (Å²) in [5, 5.41) is 10.4. The predicted octanol–water partition coefficient (Wildman–Crippen LogP) is 4.47. The maximum absolute atomic E-state index is 13.1. The van der Waals surface area contributed by atoms with Crippen LogP contribution in [0.25, 0.3) is 0 Å². The first-order valence-corrected chi connectivity index (χ1v) is 11.2. The van der Waals surface area contributed by atoms with Crippen LogP contribution in [0, 0.1) is 0 Å². The molecule has 2 heterocycles. The van der Waals surface area contributed by atoms with Crippen molar-refractivity contribution in [2.45, 2.75) is 51.2 Å².